The van der Waals surface area contributed by atoms with Crippen LogP contribution in [0.1, 0.15) is 18.2 Å². The quantitative estimate of drug-likeness (QED) is 0.816. The lowest BCUT2D eigenvalue weighted by Crippen LogP contribution is -2.48. The first-order valence-corrected chi connectivity index (χ1v) is 8.33. The molecule has 20 heavy (non-hydrogen) atoms. The first-order valence-electron chi connectivity index (χ1n) is 7.14. The molecule has 1 fully saturated rings. The third kappa shape index (κ3) is 4.74. The number of halogens is 1. The van der Waals surface area contributed by atoms with Crippen LogP contribution in [0.25, 0.3) is 0 Å². The van der Waals surface area contributed by atoms with Crippen LogP contribution in [0.2, 0.25) is 4.34 Å². The normalized spacial score (nSPS) is 16.6. The number of thiophene rings is 1. The van der Waals surface area contributed by atoms with Crippen molar-refractivity contribution in [2.24, 2.45) is 0 Å². The lowest BCUT2D eigenvalue weighted by atomic mass is 10.2. The van der Waals surface area contributed by atoms with Crippen molar-refractivity contribution < 1.29 is 4.79 Å². The Balaban J connectivity index is 1.70. The van der Waals surface area contributed by atoms with E-state index < -0.39 is 0 Å². The summed E-state index contributed by atoms with van der Waals surface area (Å²) in [4.78, 5) is 17.7. The number of rotatable bonds is 6. The van der Waals surface area contributed by atoms with E-state index in [1.165, 1.54) is 4.88 Å². The fraction of sp³-hybridized carbons (Fsp3) is 0.643. The lowest BCUT2D eigenvalue weighted by Gasteiger charge is -2.34. The molecule has 1 aromatic rings. The Kier molecular flexibility index (Phi) is 6.29. The second-order valence-corrected chi connectivity index (χ2v) is 6.77. The molecule has 0 unspecified atom stereocenters. The molecule has 0 aliphatic carbocycles. The number of carbonyl (C=O) groups excluding carboxylic acids is 1. The Hall–Kier alpha value is -0.620. The van der Waals surface area contributed by atoms with Gasteiger partial charge in [-0.2, -0.15) is 0 Å². The van der Waals surface area contributed by atoms with Crippen molar-refractivity contribution >= 4 is 28.8 Å². The van der Waals surface area contributed by atoms with Gasteiger partial charge >= 0.3 is 0 Å². The Labute approximate surface area is 129 Å². The van der Waals surface area contributed by atoms with Gasteiger partial charge in [0.15, 0.2) is 0 Å². The van der Waals surface area contributed by atoms with Gasteiger partial charge < -0.3 is 10.2 Å². The summed E-state index contributed by atoms with van der Waals surface area (Å²) < 4.78 is 0.845. The highest BCUT2D eigenvalue weighted by atomic mass is 35.5. The van der Waals surface area contributed by atoms with Gasteiger partial charge in [0.1, 0.15) is 0 Å². The van der Waals surface area contributed by atoms with Gasteiger partial charge in [-0.05, 0) is 18.7 Å². The highest BCUT2D eigenvalue weighted by molar-refractivity contribution is 7.16. The molecule has 0 saturated carbocycles. The van der Waals surface area contributed by atoms with Crippen molar-refractivity contribution in [2.45, 2.75) is 19.9 Å². The second-order valence-electron chi connectivity index (χ2n) is 4.97. The molecule has 1 saturated heterocycles. The van der Waals surface area contributed by atoms with Crippen LogP contribution >= 0.6 is 22.9 Å². The summed E-state index contributed by atoms with van der Waals surface area (Å²) in [7, 11) is 0. The molecule has 0 aromatic carbocycles. The Bertz CT molecular complexity index is 430. The van der Waals surface area contributed by atoms with Gasteiger partial charge in [-0.3, -0.25) is 9.69 Å². The molecule has 2 heterocycles. The predicted molar refractivity (Wildman–Crippen MR) is 84.3 cm³/mol. The maximum absolute atomic E-state index is 12.0. The van der Waals surface area contributed by atoms with E-state index in [1.54, 1.807) is 11.3 Å². The number of amides is 1. The topological polar surface area (TPSA) is 35.6 Å². The molecule has 1 aliphatic rings. The van der Waals surface area contributed by atoms with Gasteiger partial charge in [0.05, 0.1) is 4.34 Å². The van der Waals surface area contributed by atoms with Crippen LogP contribution in [0.3, 0.4) is 0 Å². The zero-order valence-electron chi connectivity index (χ0n) is 11.9. The van der Waals surface area contributed by atoms with Gasteiger partial charge in [0, 0.05) is 50.6 Å². The number of hydrogen-bond donors (Lipinski definition) is 1. The van der Waals surface area contributed by atoms with Crippen molar-refractivity contribution in [3.63, 3.8) is 0 Å². The molecule has 0 spiro atoms. The van der Waals surface area contributed by atoms with Gasteiger partial charge in [-0.25, -0.2) is 0 Å². The fourth-order valence-corrected chi connectivity index (χ4v) is 3.47. The van der Waals surface area contributed by atoms with E-state index in [0.29, 0.717) is 6.42 Å². The summed E-state index contributed by atoms with van der Waals surface area (Å²) in [5.74, 6) is 0.268. The molecule has 0 atom stereocenters. The van der Waals surface area contributed by atoms with E-state index in [-0.39, 0.29) is 5.91 Å². The first-order chi connectivity index (χ1) is 9.69. The summed E-state index contributed by atoms with van der Waals surface area (Å²) in [6, 6.07) is 4.03. The van der Waals surface area contributed by atoms with Gasteiger partial charge in [-0.15, -0.1) is 11.3 Å². The van der Waals surface area contributed by atoms with Crippen LogP contribution < -0.4 is 5.32 Å². The van der Waals surface area contributed by atoms with E-state index >= 15 is 0 Å². The number of hydrogen-bond acceptors (Lipinski definition) is 4. The van der Waals surface area contributed by atoms with Crippen LogP contribution in [0.5, 0.6) is 0 Å². The SMILES string of the molecule is CCNCCC(=O)N1CCN(Cc2ccc(Cl)s2)CC1. The summed E-state index contributed by atoms with van der Waals surface area (Å²) in [5.41, 5.74) is 0. The molecule has 112 valence electrons. The molecule has 1 amide bonds. The van der Waals surface area contributed by atoms with Crippen LogP contribution in [0, 0.1) is 0 Å². The average molecular weight is 316 g/mol. The maximum atomic E-state index is 12.0. The molecule has 1 aliphatic heterocycles. The number of nitrogens with one attached hydrogen (secondary N) is 1. The van der Waals surface area contributed by atoms with Crippen LogP contribution in [-0.4, -0.2) is 55.0 Å². The largest absolute Gasteiger partial charge is 0.340 e. The highest BCUT2D eigenvalue weighted by Gasteiger charge is 2.20. The van der Waals surface area contributed by atoms with Crippen molar-refractivity contribution in [3.05, 3.63) is 21.3 Å². The average Bonchev–Trinajstić information content (AvgIpc) is 2.85. The molecule has 4 nitrogen and oxygen atoms in total. The third-order valence-corrected chi connectivity index (χ3v) is 4.71. The standard InChI is InChI=1S/C14H22ClN3OS/c1-2-16-6-5-14(19)18-9-7-17(8-10-18)11-12-3-4-13(15)20-12/h3-4,16H,2,5-11H2,1H3. The van der Waals surface area contributed by atoms with Crippen molar-refractivity contribution in [2.75, 3.05) is 39.3 Å². The molecular formula is C14H22ClN3OS. The van der Waals surface area contributed by atoms with Gasteiger partial charge in [0.2, 0.25) is 5.91 Å². The van der Waals surface area contributed by atoms with E-state index in [4.69, 9.17) is 11.6 Å². The minimum absolute atomic E-state index is 0.268. The van der Waals surface area contributed by atoms with Crippen molar-refractivity contribution in [3.8, 4) is 0 Å². The highest BCUT2D eigenvalue weighted by Crippen LogP contribution is 2.23. The molecular weight excluding hydrogens is 294 g/mol. The molecule has 6 heteroatoms. The summed E-state index contributed by atoms with van der Waals surface area (Å²) in [6.07, 6.45) is 0.606. The lowest BCUT2D eigenvalue weighted by molar-refractivity contribution is -0.132. The smallest absolute Gasteiger partial charge is 0.223 e. The van der Waals surface area contributed by atoms with Crippen molar-refractivity contribution in [1.29, 1.82) is 0 Å². The van der Waals surface area contributed by atoms with E-state index in [1.807, 2.05) is 11.0 Å². The Morgan fingerprint density at radius 2 is 2.10 bits per heavy atom. The van der Waals surface area contributed by atoms with Crippen molar-refractivity contribution in [1.82, 2.24) is 15.1 Å². The summed E-state index contributed by atoms with van der Waals surface area (Å²) >= 11 is 7.58. The molecule has 0 bridgehead atoms. The number of nitrogens with zero attached hydrogens (tertiary/aromatic N) is 2. The third-order valence-electron chi connectivity index (χ3n) is 3.50. The number of carbonyl (C=O) groups is 1. The Morgan fingerprint density at radius 1 is 1.35 bits per heavy atom. The monoisotopic (exact) mass is 315 g/mol. The predicted octanol–water partition coefficient (Wildman–Crippen LogP) is 2.05. The van der Waals surface area contributed by atoms with Gasteiger partial charge in [-0.1, -0.05) is 18.5 Å². The molecule has 2 rings (SSSR count). The van der Waals surface area contributed by atoms with Crippen LogP contribution in [0.4, 0.5) is 0 Å². The van der Waals surface area contributed by atoms with E-state index in [2.05, 4.69) is 23.2 Å². The Morgan fingerprint density at radius 3 is 2.70 bits per heavy atom. The maximum Gasteiger partial charge on any atom is 0.223 e. The molecule has 1 N–H and O–H groups in total. The minimum Gasteiger partial charge on any atom is -0.340 e. The summed E-state index contributed by atoms with van der Waals surface area (Å²) in [6.45, 7) is 8.27. The minimum atomic E-state index is 0.268. The van der Waals surface area contributed by atoms with E-state index in [0.717, 1.165) is 50.1 Å². The first kappa shape index (κ1) is 15.8. The summed E-state index contributed by atoms with van der Waals surface area (Å²) in [5, 5.41) is 3.19. The zero-order chi connectivity index (χ0) is 14.4. The number of piperazine rings is 1. The zero-order valence-corrected chi connectivity index (χ0v) is 13.5. The second kappa shape index (κ2) is 7.98. The van der Waals surface area contributed by atoms with Crippen LogP contribution in [0.15, 0.2) is 12.1 Å². The molecule has 1 aromatic heterocycles. The van der Waals surface area contributed by atoms with Crippen LogP contribution in [-0.2, 0) is 11.3 Å². The fourth-order valence-electron chi connectivity index (χ4n) is 2.34. The molecule has 0 radical (unpaired) electrons. The van der Waals surface area contributed by atoms with E-state index in [9.17, 15) is 4.79 Å². The van der Waals surface area contributed by atoms with Gasteiger partial charge in [0.25, 0.3) is 0 Å².